The second-order valence-corrected chi connectivity index (χ2v) is 12.9. The summed E-state index contributed by atoms with van der Waals surface area (Å²) in [6.45, 7) is 0.992. The molecule has 0 spiro atoms. The molecule has 0 radical (unpaired) electrons. The molecular formula is C46H40O9. The predicted octanol–water partition coefficient (Wildman–Crippen LogP) is 8.80. The Morgan fingerprint density at radius 2 is 0.964 bits per heavy atom. The Morgan fingerprint density at radius 1 is 0.473 bits per heavy atom. The molecule has 2 N–H and O–H groups in total. The first-order valence-electron chi connectivity index (χ1n) is 17.9. The first kappa shape index (κ1) is 38.2. The molecule has 0 heterocycles. The molecule has 0 aromatic heterocycles. The van der Waals surface area contributed by atoms with Gasteiger partial charge in [0.05, 0.1) is 29.9 Å². The Labute approximate surface area is 319 Å². The maximum absolute atomic E-state index is 12.9. The van der Waals surface area contributed by atoms with E-state index in [4.69, 9.17) is 19.2 Å². The van der Waals surface area contributed by atoms with E-state index in [1.165, 1.54) is 12.1 Å². The number of carbonyl (C=O) groups excluding carboxylic acids is 1. The molecule has 0 saturated carbocycles. The highest BCUT2D eigenvalue weighted by atomic mass is 17.2. The third-order valence-corrected chi connectivity index (χ3v) is 8.94. The van der Waals surface area contributed by atoms with Gasteiger partial charge in [-0.2, -0.15) is 4.89 Å². The standard InChI is InChI=1S/C46H40O9/c47-44(48)42-29-36(27-34-7-3-1-4-8-34)11-17-38(42)31-53-55-40-20-14-33(15-21-40)24-26-52-25-23-32-12-18-39(19-13-32)54-46(51)41-22-16-37(30-43(41)45(49)50)28-35-9-5-2-6-10-35/h1-22,29-30H,23-28,31H2,(H,47,48)(H,49,50). The van der Waals surface area contributed by atoms with E-state index >= 15 is 0 Å². The number of aromatic carboxylic acids is 2. The van der Waals surface area contributed by atoms with Crippen LogP contribution in [0.3, 0.4) is 0 Å². The number of carboxylic acids is 2. The van der Waals surface area contributed by atoms with Gasteiger partial charge in [0, 0.05) is 0 Å². The van der Waals surface area contributed by atoms with Gasteiger partial charge in [-0.3, -0.25) is 0 Å². The number of carboxylic acid groups (broad SMARTS) is 2. The Bertz CT molecular complexity index is 2200. The molecule has 0 aliphatic carbocycles. The van der Waals surface area contributed by atoms with Crippen molar-refractivity contribution in [2.24, 2.45) is 0 Å². The molecule has 0 fully saturated rings. The molecule has 0 bridgehead atoms. The summed E-state index contributed by atoms with van der Waals surface area (Å²) >= 11 is 0. The van der Waals surface area contributed by atoms with Crippen LogP contribution >= 0.6 is 0 Å². The lowest BCUT2D eigenvalue weighted by Gasteiger charge is -2.11. The molecule has 0 amide bonds. The second kappa shape index (κ2) is 19.0. The monoisotopic (exact) mass is 736 g/mol. The molecule has 6 aromatic carbocycles. The summed E-state index contributed by atoms with van der Waals surface area (Å²) < 4.78 is 11.4. The Kier molecular flexibility index (Phi) is 13.2. The van der Waals surface area contributed by atoms with Gasteiger partial charge in [0.15, 0.2) is 5.75 Å². The fourth-order valence-corrected chi connectivity index (χ4v) is 6.02. The minimum Gasteiger partial charge on any atom is -0.478 e. The van der Waals surface area contributed by atoms with Gasteiger partial charge in [-0.25, -0.2) is 14.4 Å². The van der Waals surface area contributed by atoms with E-state index in [1.807, 2.05) is 91.0 Å². The van der Waals surface area contributed by atoms with E-state index in [0.717, 1.165) is 33.4 Å². The minimum atomic E-state index is -1.19. The molecule has 9 nitrogen and oxygen atoms in total. The van der Waals surface area contributed by atoms with E-state index < -0.39 is 17.9 Å². The zero-order chi connectivity index (χ0) is 38.4. The summed E-state index contributed by atoms with van der Waals surface area (Å²) in [7, 11) is 0. The van der Waals surface area contributed by atoms with Gasteiger partial charge in [0.1, 0.15) is 12.4 Å². The van der Waals surface area contributed by atoms with E-state index in [1.54, 1.807) is 42.5 Å². The van der Waals surface area contributed by atoms with Crippen molar-refractivity contribution in [1.29, 1.82) is 0 Å². The van der Waals surface area contributed by atoms with Crippen molar-refractivity contribution in [3.63, 3.8) is 0 Å². The van der Waals surface area contributed by atoms with E-state index in [9.17, 15) is 24.6 Å². The van der Waals surface area contributed by atoms with Gasteiger partial charge in [-0.05, 0) is 107 Å². The number of ether oxygens (including phenoxy) is 2. The number of esters is 1. The van der Waals surface area contributed by atoms with Gasteiger partial charge in [0.2, 0.25) is 0 Å². The van der Waals surface area contributed by atoms with E-state index in [2.05, 4.69) is 0 Å². The summed E-state index contributed by atoms with van der Waals surface area (Å²) in [5, 5.41) is 19.5. The largest absolute Gasteiger partial charge is 0.478 e. The highest BCUT2D eigenvalue weighted by Crippen LogP contribution is 2.21. The van der Waals surface area contributed by atoms with Gasteiger partial charge in [-0.15, -0.1) is 0 Å². The van der Waals surface area contributed by atoms with Crippen LogP contribution in [0.1, 0.15) is 70.0 Å². The molecule has 9 heteroatoms. The SMILES string of the molecule is O=C(O)c1cc(Cc2ccccc2)ccc1COOc1ccc(CCOCCc2ccc(OC(=O)c3ccc(Cc4ccccc4)cc3C(=O)O)cc2)cc1. The van der Waals surface area contributed by atoms with Gasteiger partial charge < -0.3 is 24.6 Å². The summed E-state index contributed by atoms with van der Waals surface area (Å²) in [4.78, 5) is 47.6. The average molecular weight is 737 g/mol. The van der Waals surface area contributed by atoms with Crippen molar-refractivity contribution >= 4 is 17.9 Å². The third-order valence-electron chi connectivity index (χ3n) is 8.94. The molecule has 0 saturated heterocycles. The van der Waals surface area contributed by atoms with Crippen LogP contribution < -0.4 is 9.62 Å². The summed E-state index contributed by atoms with van der Waals surface area (Å²) in [5.74, 6) is -2.14. The number of carbonyl (C=O) groups is 3. The molecule has 278 valence electrons. The topological polar surface area (TPSA) is 129 Å². The molecule has 0 aliphatic rings. The summed E-state index contributed by atoms with van der Waals surface area (Å²) in [6, 6.07) is 44.1. The zero-order valence-electron chi connectivity index (χ0n) is 30.1. The third kappa shape index (κ3) is 11.2. The first-order valence-corrected chi connectivity index (χ1v) is 17.9. The first-order chi connectivity index (χ1) is 26.8. The number of hydrogen-bond acceptors (Lipinski definition) is 7. The maximum Gasteiger partial charge on any atom is 0.344 e. The van der Waals surface area contributed by atoms with Crippen molar-refractivity contribution in [3.8, 4) is 11.5 Å². The zero-order valence-corrected chi connectivity index (χ0v) is 30.1. The number of rotatable bonds is 18. The molecule has 0 aliphatic heterocycles. The molecule has 6 rings (SSSR count). The highest BCUT2D eigenvalue weighted by Gasteiger charge is 2.19. The van der Waals surface area contributed by atoms with E-state index in [0.29, 0.717) is 56.0 Å². The van der Waals surface area contributed by atoms with Gasteiger partial charge in [0.25, 0.3) is 0 Å². The lowest BCUT2D eigenvalue weighted by atomic mass is 9.99. The predicted molar refractivity (Wildman–Crippen MR) is 207 cm³/mol. The Morgan fingerprint density at radius 3 is 1.51 bits per heavy atom. The quantitative estimate of drug-likeness (QED) is 0.0293. The van der Waals surface area contributed by atoms with Crippen LogP contribution in [0.5, 0.6) is 11.5 Å². The fourth-order valence-electron chi connectivity index (χ4n) is 6.02. The fraction of sp³-hybridized carbons (Fsp3) is 0.152. The van der Waals surface area contributed by atoms with Crippen LogP contribution in [0.4, 0.5) is 0 Å². The maximum atomic E-state index is 12.9. The Hall–Kier alpha value is -6.55. The molecule has 0 atom stereocenters. The van der Waals surface area contributed by atoms with Crippen molar-refractivity contribution in [2.45, 2.75) is 32.3 Å². The van der Waals surface area contributed by atoms with Crippen molar-refractivity contribution in [3.05, 3.63) is 201 Å². The van der Waals surface area contributed by atoms with Crippen molar-refractivity contribution in [2.75, 3.05) is 13.2 Å². The smallest absolute Gasteiger partial charge is 0.344 e. The molecule has 0 unspecified atom stereocenters. The van der Waals surface area contributed by atoms with Crippen LogP contribution in [0.25, 0.3) is 0 Å². The number of benzene rings is 6. The molecular weight excluding hydrogens is 696 g/mol. The minimum absolute atomic E-state index is 0.00934. The van der Waals surface area contributed by atoms with Crippen LogP contribution in [-0.2, 0) is 41.9 Å². The van der Waals surface area contributed by atoms with Crippen molar-refractivity contribution < 1.29 is 43.8 Å². The average Bonchev–Trinajstić information content (AvgIpc) is 3.20. The lowest BCUT2D eigenvalue weighted by Crippen LogP contribution is -2.14. The van der Waals surface area contributed by atoms with Crippen molar-refractivity contribution in [1.82, 2.24) is 0 Å². The van der Waals surface area contributed by atoms with Crippen LogP contribution in [0.2, 0.25) is 0 Å². The highest BCUT2D eigenvalue weighted by molar-refractivity contribution is 6.03. The van der Waals surface area contributed by atoms with Gasteiger partial charge >= 0.3 is 17.9 Å². The van der Waals surface area contributed by atoms with Gasteiger partial charge in [-0.1, -0.05) is 103 Å². The molecule has 6 aromatic rings. The number of hydrogen-bond donors (Lipinski definition) is 2. The van der Waals surface area contributed by atoms with Crippen LogP contribution in [0, 0.1) is 0 Å². The van der Waals surface area contributed by atoms with Crippen LogP contribution in [-0.4, -0.2) is 41.3 Å². The normalized spacial score (nSPS) is 10.8. The molecule has 55 heavy (non-hydrogen) atoms. The summed E-state index contributed by atoms with van der Waals surface area (Å²) in [6.07, 6.45) is 2.54. The Balaban J connectivity index is 0.900. The summed E-state index contributed by atoms with van der Waals surface area (Å²) in [5.41, 5.74) is 6.47. The van der Waals surface area contributed by atoms with Crippen LogP contribution in [0.15, 0.2) is 146 Å². The lowest BCUT2D eigenvalue weighted by molar-refractivity contribution is -0.217. The second-order valence-electron chi connectivity index (χ2n) is 12.9. The van der Waals surface area contributed by atoms with E-state index in [-0.39, 0.29) is 23.3 Å².